The van der Waals surface area contributed by atoms with E-state index in [-0.39, 0.29) is 6.54 Å². The number of aldehydes is 1. The number of hydrogen-bond donors (Lipinski definition) is 2. The lowest BCUT2D eigenvalue weighted by Gasteiger charge is -2.31. The van der Waals surface area contributed by atoms with E-state index in [2.05, 4.69) is 22.1 Å². The van der Waals surface area contributed by atoms with Gasteiger partial charge in [0.05, 0.1) is 6.54 Å². The van der Waals surface area contributed by atoms with Gasteiger partial charge in [-0.05, 0) is 30.9 Å². The van der Waals surface area contributed by atoms with Gasteiger partial charge in [-0.25, -0.2) is 4.98 Å². The summed E-state index contributed by atoms with van der Waals surface area (Å²) in [6.07, 6.45) is 4.42. The van der Waals surface area contributed by atoms with Crippen LogP contribution in [0.1, 0.15) is 25.3 Å². The zero-order valence-corrected chi connectivity index (χ0v) is 11.2. The number of anilines is 2. The largest absolute Gasteiger partial charge is 0.363 e. The lowest BCUT2D eigenvalue weighted by atomic mass is 9.99. The molecule has 102 valence electrons. The molecule has 19 heavy (non-hydrogen) atoms. The molecule has 0 radical (unpaired) electrons. The van der Waals surface area contributed by atoms with Crippen molar-refractivity contribution < 1.29 is 4.79 Å². The Labute approximate surface area is 113 Å². The lowest BCUT2D eigenvalue weighted by Crippen LogP contribution is -2.33. The SMILES string of the molecule is CC1CCN(c2ccc(C=N)c(NCC=O)n2)CC1. The summed E-state index contributed by atoms with van der Waals surface area (Å²) in [4.78, 5) is 17.2. The molecule has 0 spiro atoms. The van der Waals surface area contributed by atoms with E-state index >= 15 is 0 Å². The number of piperidine rings is 1. The van der Waals surface area contributed by atoms with E-state index in [1.807, 2.05) is 12.1 Å². The Balaban J connectivity index is 2.16. The molecule has 0 saturated carbocycles. The molecular weight excluding hydrogens is 240 g/mol. The fraction of sp³-hybridized carbons (Fsp3) is 0.500. The molecule has 0 atom stereocenters. The summed E-state index contributed by atoms with van der Waals surface area (Å²) in [5.41, 5.74) is 0.705. The third-order valence-electron chi connectivity index (χ3n) is 3.53. The molecule has 0 aliphatic carbocycles. The van der Waals surface area contributed by atoms with Crippen LogP contribution in [0.2, 0.25) is 0 Å². The van der Waals surface area contributed by atoms with Crippen molar-refractivity contribution in [1.29, 1.82) is 5.41 Å². The van der Waals surface area contributed by atoms with Gasteiger partial charge >= 0.3 is 0 Å². The predicted octanol–water partition coefficient (Wildman–Crippen LogP) is 1.93. The summed E-state index contributed by atoms with van der Waals surface area (Å²) in [5, 5.41) is 10.3. The quantitative estimate of drug-likeness (QED) is 0.627. The van der Waals surface area contributed by atoms with Crippen molar-refractivity contribution in [2.45, 2.75) is 19.8 Å². The molecule has 5 nitrogen and oxygen atoms in total. The Morgan fingerprint density at radius 2 is 2.21 bits per heavy atom. The van der Waals surface area contributed by atoms with Gasteiger partial charge in [-0.15, -0.1) is 0 Å². The smallest absolute Gasteiger partial charge is 0.139 e. The van der Waals surface area contributed by atoms with Gasteiger partial charge in [-0.3, -0.25) is 0 Å². The second-order valence-corrected chi connectivity index (χ2v) is 4.97. The third-order valence-corrected chi connectivity index (χ3v) is 3.53. The minimum absolute atomic E-state index is 0.217. The fourth-order valence-corrected chi connectivity index (χ4v) is 2.27. The molecule has 2 N–H and O–H groups in total. The van der Waals surface area contributed by atoms with Crippen molar-refractivity contribution in [3.63, 3.8) is 0 Å². The molecule has 1 fully saturated rings. The molecule has 2 rings (SSSR count). The number of nitrogens with one attached hydrogen (secondary N) is 2. The first-order chi connectivity index (χ1) is 9.24. The van der Waals surface area contributed by atoms with Gasteiger partial charge in [-0.2, -0.15) is 0 Å². The van der Waals surface area contributed by atoms with Gasteiger partial charge in [0.25, 0.3) is 0 Å². The average Bonchev–Trinajstić information content (AvgIpc) is 2.45. The van der Waals surface area contributed by atoms with Crippen molar-refractivity contribution in [3.8, 4) is 0 Å². The summed E-state index contributed by atoms with van der Waals surface area (Å²) >= 11 is 0. The molecule has 5 heteroatoms. The van der Waals surface area contributed by atoms with E-state index in [1.54, 1.807) is 0 Å². The number of nitrogens with zero attached hydrogens (tertiary/aromatic N) is 2. The van der Waals surface area contributed by atoms with Crippen molar-refractivity contribution in [2.75, 3.05) is 29.9 Å². The summed E-state index contributed by atoms with van der Waals surface area (Å²) in [5.74, 6) is 2.31. The van der Waals surface area contributed by atoms with Crippen LogP contribution in [0.5, 0.6) is 0 Å². The van der Waals surface area contributed by atoms with E-state index in [0.717, 1.165) is 31.1 Å². The number of carbonyl (C=O) groups excluding carboxylic acids is 1. The van der Waals surface area contributed by atoms with Crippen molar-refractivity contribution in [2.24, 2.45) is 5.92 Å². The first-order valence-corrected chi connectivity index (χ1v) is 6.68. The monoisotopic (exact) mass is 260 g/mol. The molecule has 0 bridgehead atoms. The minimum Gasteiger partial charge on any atom is -0.363 e. The molecule has 2 heterocycles. The Bertz CT molecular complexity index is 453. The van der Waals surface area contributed by atoms with Crippen LogP contribution in [0.4, 0.5) is 11.6 Å². The minimum atomic E-state index is 0.217. The highest BCUT2D eigenvalue weighted by atomic mass is 16.1. The van der Waals surface area contributed by atoms with Crippen molar-refractivity contribution in [1.82, 2.24) is 4.98 Å². The number of carbonyl (C=O) groups is 1. The maximum atomic E-state index is 10.4. The number of aromatic nitrogens is 1. The first kappa shape index (κ1) is 13.5. The maximum Gasteiger partial charge on any atom is 0.139 e. The van der Waals surface area contributed by atoms with Crippen LogP contribution in [0.15, 0.2) is 12.1 Å². The van der Waals surface area contributed by atoms with Crippen LogP contribution >= 0.6 is 0 Å². The first-order valence-electron chi connectivity index (χ1n) is 6.68. The predicted molar refractivity (Wildman–Crippen MR) is 77.3 cm³/mol. The third kappa shape index (κ3) is 3.30. The van der Waals surface area contributed by atoms with Crippen LogP contribution in [-0.2, 0) is 4.79 Å². The Kier molecular flexibility index (Phi) is 4.49. The Morgan fingerprint density at radius 3 is 2.84 bits per heavy atom. The second-order valence-electron chi connectivity index (χ2n) is 4.97. The summed E-state index contributed by atoms with van der Waals surface area (Å²) in [6, 6.07) is 3.82. The van der Waals surface area contributed by atoms with Gasteiger partial charge in [0.1, 0.15) is 17.9 Å². The van der Waals surface area contributed by atoms with Gasteiger partial charge in [0.15, 0.2) is 0 Å². The van der Waals surface area contributed by atoms with E-state index in [1.165, 1.54) is 19.1 Å². The van der Waals surface area contributed by atoms with Crippen LogP contribution in [-0.4, -0.2) is 37.1 Å². The number of pyridine rings is 1. The van der Waals surface area contributed by atoms with E-state index in [9.17, 15) is 4.79 Å². The zero-order valence-electron chi connectivity index (χ0n) is 11.2. The Hall–Kier alpha value is -1.91. The van der Waals surface area contributed by atoms with Crippen molar-refractivity contribution >= 4 is 24.1 Å². The van der Waals surface area contributed by atoms with Crippen LogP contribution < -0.4 is 10.2 Å². The molecule has 1 aliphatic heterocycles. The zero-order chi connectivity index (χ0) is 13.7. The van der Waals surface area contributed by atoms with Crippen LogP contribution in [0.3, 0.4) is 0 Å². The molecule has 1 saturated heterocycles. The van der Waals surface area contributed by atoms with Crippen LogP contribution in [0.25, 0.3) is 0 Å². The van der Waals surface area contributed by atoms with Gasteiger partial charge in [-0.1, -0.05) is 6.92 Å². The lowest BCUT2D eigenvalue weighted by molar-refractivity contribution is -0.106. The van der Waals surface area contributed by atoms with Crippen molar-refractivity contribution in [3.05, 3.63) is 17.7 Å². The highest BCUT2D eigenvalue weighted by molar-refractivity contribution is 5.85. The van der Waals surface area contributed by atoms with Gasteiger partial charge in [0, 0.05) is 24.9 Å². The van der Waals surface area contributed by atoms with E-state index < -0.39 is 0 Å². The Morgan fingerprint density at radius 1 is 1.47 bits per heavy atom. The topological polar surface area (TPSA) is 69.1 Å². The highest BCUT2D eigenvalue weighted by Gasteiger charge is 2.17. The molecule has 1 aliphatic rings. The normalized spacial score (nSPS) is 16.2. The molecule has 1 aromatic rings. The molecule has 0 aromatic carbocycles. The highest BCUT2D eigenvalue weighted by Crippen LogP contribution is 2.23. The second kappa shape index (κ2) is 6.31. The molecular formula is C14H20N4O. The van der Waals surface area contributed by atoms with E-state index in [4.69, 9.17) is 5.41 Å². The number of rotatable bonds is 5. The molecule has 0 amide bonds. The number of hydrogen-bond acceptors (Lipinski definition) is 5. The summed E-state index contributed by atoms with van der Waals surface area (Å²) in [6.45, 7) is 4.53. The van der Waals surface area contributed by atoms with Gasteiger partial charge < -0.3 is 20.4 Å². The maximum absolute atomic E-state index is 10.4. The van der Waals surface area contributed by atoms with Crippen LogP contribution in [0, 0.1) is 11.3 Å². The summed E-state index contributed by atoms with van der Waals surface area (Å²) < 4.78 is 0. The summed E-state index contributed by atoms with van der Waals surface area (Å²) in [7, 11) is 0. The average molecular weight is 260 g/mol. The van der Waals surface area contributed by atoms with Gasteiger partial charge in [0.2, 0.25) is 0 Å². The van der Waals surface area contributed by atoms with E-state index in [0.29, 0.717) is 11.4 Å². The molecule has 0 unspecified atom stereocenters. The standard InChI is InChI=1S/C14H20N4O/c1-11-4-7-18(8-5-11)13-3-2-12(10-15)14(17-13)16-6-9-19/h2-3,9-11,15H,4-8H2,1H3,(H,16,17). The molecule has 1 aromatic heterocycles. The fourth-order valence-electron chi connectivity index (χ4n) is 2.27.